The molecule has 8 heteroatoms. The molecule has 1 aromatic heterocycles. The van der Waals surface area contributed by atoms with E-state index in [1.165, 1.54) is 12.1 Å². The number of aromatic carboxylic acids is 1. The van der Waals surface area contributed by atoms with E-state index in [1.54, 1.807) is 18.3 Å². The zero-order chi connectivity index (χ0) is 17.3. The van der Waals surface area contributed by atoms with Crippen LogP contribution < -0.4 is 4.72 Å². The number of carbonyl (C=O) groups is 1. The molecule has 3 rings (SSSR count). The zero-order valence-corrected chi connectivity index (χ0v) is 14.1. The largest absolute Gasteiger partial charge is 0.478 e. The highest BCUT2D eigenvalue weighted by atomic mass is 32.2. The summed E-state index contributed by atoms with van der Waals surface area (Å²) in [7, 11) is -3.70. The fourth-order valence-corrected chi connectivity index (χ4v) is 3.80. The average molecular weight is 349 g/mol. The Hall–Kier alpha value is -2.19. The van der Waals surface area contributed by atoms with E-state index in [-0.39, 0.29) is 23.2 Å². The third kappa shape index (κ3) is 3.34. The molecule has 1 atom stereocenters. The quantitative estimate of drug-likeness (QED) is 0.859. The maximum atomic E-state index is 12.4. The van der Waals surface area contributed by atoms with Gasteiger partial charge in [-0.2, -0.15) is 0 Å². The van der Waals surface area contributed by atoms with Crippen LogP contribution in [0.3, 0.4) is 0 Å². The molecule has 2 N–H and O–H groups in total. The molecule has 1 aliphatic heterocycles. The summed E-state index contributed by atoms with van der Waals surface area (Å²) in [5, 5.41) is 8.90. The topological polar surface area (TPSA) is 101 Å². The standard InChI is InChI=1S/C16H19N3O4S/c1-11-3-2-4-14-18-15(10-19(11)14)24(22,23)17-9-12-5-7-13(8-6-12)16(20)21/h5-8,10-11,17H,2-4,9H2,1H3,(H,20,21). The van der Waals surface area contributed by atoms with Gasteiger partial charge in [0, 0.05) is 25.2 Å². The molecule has 128 valence electrons. The molecule has 0 fully saturated rings. The number of aryl methyl sites for hydroxylation is 1. The molecule has 1 aliphatic rings. The van der Waals surface area contributed by atoms with Gasteiger partial charge in [0.15, 0.2) is 5.03 Å². The number of sulfonamides is 1. The Morgan fingerprint density at radius 2 is 2.08 bits per heavy atom. The predicted molar refractivity (Wildman–Crippen MR) is 87.3 cm³/mol. The first-order valence-corrected chi connectivity index (χ1v) is 9.25. The summed E-state index contributed by atoms with van der Waals surface area (Å²) in [4.78, 5) is 15.1. The fraction of sp³-hybridized carbons (Fsp3) is 0.375. The number of nitrogens with one attached hydrogen (secondary N) is 1. The Bertz CT molecular complexity index is 856. The first-order valence-electron chi connectivity index (χ1n) is 7.76. The zero-order valence-electron chi connectivity index (χ0n) is 13.3. The molecule has 0 spiro atoms. The fourth-order valence-electron chi connectivity index (χ4n) is 2.82. The Kier molecular flexibility index (Phi) is 4.42. The smallest absolute Gasteiger partial charge is 0.335 e. The molecule has 0 bridgehead atoms. The first-order chi connectivity index (χ1) is 11.4. The Balaban J connectivity index is 1.73. The van der Waals surface area contributed by atoms with Crippen molar-refractivity contribution in [2.45, 2.75) is 43.8 Å². The van der Waals surface area contributed by atoms with Crippen LogP contribution in [0.5, 0.6) is 0 Å². The second-order valence-electron chi connectivity index (χ2n) is 5.97. The number of hydrogen-bond donors (Lipinski definition) is 2. The van der Waals surface area contributed by atoms with Crippen LogP contribution in [-0.4, -0.2) is 29.0 Å². The third-order valence-electron chi connectivity index (χ3n) is 4.23. The average Bonchev–Trinajstić information content (AvgIpc) is 3.00. The molecule has 7 nitrogen and oxygen atoms in total. The lowest BCUT2D eigenvalue weighted by atomic mass is 10.1. The maximum absolute atomic E-state index is 12.4. The van der Waals surface area contributed by atoms with Crippen molar-refractivity contribution < 1.29 is 18.3 Å². The second-order valence-corrected chi connectivity index (χ2v) is 7.68. The lowest BCUT2D eigenvalue weighted by Crippen LogP contribution is -2.23. The van der Waals surface area contributed by atoms with Crippen LogP contribution in [0.4, 0.5) is 0 Å². The molecule has 1 unspecified atom stereocenters. The Morgan fingerprint density at radius 3 is 2.71 bits per heavy atom. The first kappa shape index (κ1) is 16.7. The number of hydrogen-bond acceptors (Lipinski definition) is 4. The number of imidazole rings is 1. The van der Waals surface area contributed by atoms with Crippen molar-refractivity contribution in [1.29, 1.82) is 0 Å². The van der Waals surface area contributed by atoms with E-state index in [4.69, 9.17) is 5.11 Å². The highest BCUT2D eigenvalue weighted by Gasteiger charge is 2.24. The molecule has 0 saturated carbocycles. The van der Waals surface area contributed by atoms with Gasteiger partial charge in [-0.1, -0.05) is 12.1 Å². The van der Waals surface area contributed by atoms with Crippen LogP contribution >= 0.6 is 0 Å². The number of benzene rings is 1. The number of rotatable bonds is 5. The van der Waals surface area contributed by atoms with Crippen molar-refractivity contribution in [3.8, 4) is 0 Å². The van der Waals surface area contributed by atoms with Gasteiger partial charge in [-0.25, -0.2) is 22.9 Å². The van der Waals surface area contributed by atoms with Gasteiger partial charge >= 0.3 is 5.97 Å². The lowest BCUT2D eigenvalue weighted by molar-refractivity contribution is 0.0697. The van der Waals surface area contributed by atoms with Crippen molar-refractivity contribution in [2.24, 2.45) is 0 Å². The highest BCUT2D eigenvalue weighted by Crippen LogP contribution is 2.25. The van der Waals surface area contributed by atoms with Crippen LogP contribution in [0.15, 0.2) is 35.5 Å². The third-order valence-corrected chi connectivity index (χ3v) is 5.50. The minimum absolute atomic E-state index is 0.0356. The van der Waals surface area contributed by atoms with Gasteiger partial charge in [0.25, 0.3) is 10.0 Å². The summed E-state index contributed by atoms with van der Waals surface area (Å²) >= 11 is 0. The number of fused-ring (bicyclic) bond motifs is 1. The molecule has 24 heavy (non-hydrogen) atoms. The van der Waals surface area contributed by atoms with Gasteiger partial charge in [-0.3, -0.25) is 0 Å². The van der Waals surface area contributed by atoms with Crippen LogP contribution in [0, 0.1) is 0 Å². The van der Waals surface area contributed by atoms with Gasteiger partial charge in [0.05, 0.1) is 5.56 Å². The molecule has 0 amide bonds. The van der Waals surface area contributed by atoms with E-state index < -0.39 is 16.0 Å². The van der Waals surface area contributed by atoms with E-state index in [1.807, 2.05) is 4.57 Å². The monoisotopic (exact) mass is 349 g/mol. The number of nitrogens with zero attached hydrogens (tertiary/aromatic N) is 2. The molecule has 0 saturated heterocycles. The van der Waals surface area contributed by atoms with E-state index in [2.05, 4.69) is 16.6 Å². The van der Waals surface area contributed by atoms with Gasteiger partial charge in [-0.05, 0) is 37.5 Å². The van der Waals surface area contributed by atoms with E-state index >= 15 is 0 Å². The van der Waals surface area contributed by atoms with Crippen LogP contribution in [-0.2, 0) is 23.0 Å². The predicted octanol–water partition coefficient (Wildman–Crippen LogP) is 1.96. The molecule has 0 aliphatic carbocycles. The molecule has 1 aromatic carbocycles. The van der Waals surface area contributed by atoms with Crippen LogP contribution in [0.2, 0.25) is 0 Å². The highest BCUT2D eigenvalue weighted by molar-refractivity contribution is 7.89. The van der Waals surface area contributed by atoms with E-state index in [0.29, 0.717) is 5.56 Å². The normalized spacial score (nSPS) is 17.5. The second kappa shape index (κ2) is 6.37. The van der Waals surface area contributed by atoms with Crippen LogP contribution in [0.1, 0.15) is 47.6 Å². The summed E-state index contributed by atoms with van der Waals surface area (Å²) in [6, 6.07) is 6.33. The van der Waals surface area contributed by atoms with Crippen molar-refractivity contribution in [2.75, 3.05) is 0 Å². The van der Waals surface area contributed by atoms with Crippen molar-refractivity contribution in [3.05, 3.63) is 47.4 Å². The van der Waals surface area contributed by atoms with Gasteiger partial charge in [0.1, 0.15) is 5.82 Å². The molecular weight excluding hydrogens is 330 g/mol. The molecule has 2 aromatic rings. The van der Waals surface area contributed by atoms with Gasteiger partial charge < -0.3 is 9.67 Å². The van der Waals surface area contributed by atoms with Crippen molar-refractivity contribution in [3.63, 3.8) is 0 Å². The summed E-state index contributed by atoms with van der Waals surface area (Å²) in [6.07, 6.45) is 4.42. The molecule has 2 heterocycles. The van der Waals surface area contributed by atoms with Gasteiger partial charge in [-0.15, -0.1) is 0 Å². The Morgan fingerprint density at radius 1 is 1.38 bits per heavy atom. The van der Waals surface area contributed by atoms with Gasteiger partial charge in [0.2, 0.25) is 0 Å². The number of carboxylic acid groups (broad SMARTS) is 1. The number of carboxylic acids is 1. The van der Waals surface area contributed by atoms with Crippen LogP contribution in [0.25, 0.3) is 0 Å². The number of aromatic nitrogens is 2. The minimum atomic E-state index is -3.70. The lowest BCUT2D eigenvalue weighted by Gasteiger charge is -2.20. The summed E-state index contributed by atoms with van der Waals surface area (Å²) in [5.74, 6) is -0.209. The summed E-state index contributed by atoms with van der Waals surface area (Å²) < 4.78 is 29.3. The molecular formula is C16H19N3O4S. The minimum Gasteiger partial charge on any atom is -0.478 e. The van der Waals surface area contributed by atoms with Crippen molar-refractivity contribution in [1.82, 2.24) is 14.3 Å². The Labute approximate surface area is 140 Å². The maximum Gasteiger partial charge on any atom is 0.335 e. The van der Waals surface area contributed by atoms with Crippen molar-refractivity contribution >= 4 is 16.0 Å². The molecule has 0 radical (unpaired) electrons. The SMILES string of the molecule is CC1CCCc2nc(S(=O)(=O)NCc3ccc(C(=O)O)cc3)cn21. The summed E-state index contributed by atoms with van der Waals surface area (Å²) in [6.45, 7) is 2.14. The van der Waals surface area contributed by atoms with E-state index in [9.17, 15) is 13.2 Å². The van der Waals surface area contributed by atoms with E-state index in [0.717, 1.165) is 25.1 Å². The summed E-state index contributed by atoms with van der Waals surface area (Å²) in [5.41, 5.74) is 0.846.